The lowest BCUT2D eigenvalue weighted by molar-refractivity contribution is -0.148. The van der Waals surface area contributed by atoms with E-state index in [1.807, 2.05) is 0 Å². The summed E-state index contributed by atoms with van der Waals surface area (Å²) in [4.78, 5) is 30.3. The maximum absolute atomic E-state index is 10.3. The molecule has 0 aromatic carbocycles. The number of hydrogen-bond donors (Lipinski definition) is 0. The fourth-order valence-electron chi connectivity index (χ4n) is 0.544. The largest absolute Gasteiger partial charge is 0.466 e. The van der Waals surface area contributed by atoms with Gasteiger partial charge >= 0.3 is 17.9 Å². The first-order valence-corrected chi connectivity index (χ1v) is 6.19. The molecule has 164 valence electrons. The third-order valence-electron chi connectivity index (χ3n) is 1.55. The highest BCUT2D eigenvalue weighted by molar-refractivity contribution is 5.81. The molecule has 0 atom stereocenters. The van der Waals surface area contributed by atoms with E-state index in [0.717, 1.165) is 18.2 Å². The van der Waals surface area contributed by atoms with Gasteiger partial charge in [0.15, 0.2) is 6.79 Å². The average Bonchev–Trinajstić information content (AvgIpc) is 2.59. The molecule has 0 N–H and O–H groups in total. The third-order valence-corrected chi connectivity index (χ3v) is 1.55. The van der Waals surface area contributed by atoms with Crippen LogP contribution in [0.4, 0.5) is 0 Å². The van der Waals surface area contributed by atoms with Crippen molar-refractivity contribution < 1.29 is 38.1 Å². The van der Waals surface area contributed by atoms with Crippen molar-refractivity contribution in [1.29, 1.82) is 0 Å². The minimum Gasteiger partial charge on any atom is -0.466 e. The van der Waals surface area contributed by atoms with E-state index in [-0.39, 0.29) is 36.5 Å². The van der Waals surface area contributed by atoms with Crippen LogP contribution in [0.2, 0.25) is 0 Å². The van der Waals surface area contributed by atoms with E-state index in [1.165, 1.54) is 14.2 Å². The first-order chi connectivity index (χ1) is 10.9. The van der Waals surface area contributed by atoms with Crippen molar-refractivity contribution in [1.82, 2.24) is 0 Å². The number of ether oxygens (including phenoxy) is 5. The van der Waals surface area contributed by atoms with Crippen molar-refractivity contribution in [3.05, 3.63) is 38.0 Å². The Morgan fingerprint density at radius 1 is 0.667 bits per heavy atom. The molecule has 0 spiro atoms. The molecule has 27 heavy (non-hydrogen) atoms. The SMILES string of the molecule is C.C.C.C.C=CC(=O)OC.C=CC(=O)OCCOC.C=CC(=O)OCOC. The van der Waals surface area contributed by atoms with Crippen LogP contribution in [-0.2, 0) is 38.1 Å². The van der Waals surface area contributed by atoms with Gasteiger partial charge in [0, 0.05) is 32.4 Å². The molecule has 0 saturated heterocycles. The summed E-state index contributed by atoms with van der Waals surface area (Å²) in [7, 11) is 4.29. The molecule has 0 amide bonds. The van der Waals surface area contributed by atoms with E-state index in [2.05, 4.69) is 43.4 Å². The van der Waals surface area contributed by atoms with Gasteiger partial charge in [-0.15, -0.1) is 0 Å². The number of carbonyl (C=O) groups is 3. The Balaban J connectivity index is -0.0000000420. The Morgan fingerprint density at radius 2 is 1.07 bits per heavy atom. The number of methoxy groups -OCH3 is 3. The van der Waals surface area contributed by atoms with Gasteiger partial charge in [0.2, 0.25) is 0 Å². The van der Waals surface area contributed by atoms with Crippen molar-refractivity contribution in [2.24, 2.45) is 0 Å². The van der Waals surface area contributed by atoms with Crippen LogP contribution < -0.4 is 0 Å². The first kappa shape index (κ1) is 44.2. The quantitative estimate of drug-likeness (QED) is 0.202. The topological polar surface area (TPSA) is 97.4 Å². The van der Waals surface area contributed by atoms with Gasteiger partial charge < -0.3 is 23.7 Å². The predicted octanol–water partition coefficient (Wildman–Crippen LogP) is 3.57. The van der Waals surface area contributed by atoms with Crippen LogP contribution in [0.1, 0.15) is 29.7 Å². The van der Waals surface area contributed by atoms with Crippen molar-refractivity contribution >= 4 is 17.9 Å². The van der Waals surface area contributed by atoms with Crippen LogP contribution in [0.3, 0.4) is 0 Å². The predicted molar refractivity (Wildman–Crippen MR) is 110 cm³/mol. The van der Waals surface area contributed by atoms with Crippen LogP contribution >= 0.6 is 0 Å². The molecule has 0 heterocycles. The average molecular weight is 397 g/mol. The Bertz CT molecular complexity index is 365. The lowest BCUT2D eigenvalue weighted by Gasteiger charge is -1.98. The van der Waals surface area contributed by atoms with Gasteiger partial charge in [0.1, 0.15) is 6.61 Å². The van der Waals surface area contributed by atoms with E-state index in [1.54, 1.807) is 7.11 Å². The second-order valence-corrected chi connectivity index (χ2v) is 3.17. The normalized spacial score (nSPS) is 6.78. The van der Waals surface area contributed by atoms with Crippen LogP contribution in [0.25, 0.3) is 0 Å². The molecular formula is C19H40O8. The summed E-state index contributed by atoms with van der Waals surface area (Å²) in [5, 5.41) is 0. The molecular weight excluding hydrogens is 356 g/mol. The molecule has 0 fully saturated rings. The van der Waals surface area contributed by atoms with Crippen molar-refractivity contribution in [2.45, 2.75) is 29.7 Å². The van der Waals surface area contributed by atoms with E-state index in [0.29, 0.717) is 13.2 Å². The van der Waals surface area contributed by atoms with E-state index in [4.69, 9.17) is 0 Å². The van der Waals surface area contributed by atoms with Crippen LogP contribution in [-0.4, -0.2) is 59.2 Å². The van der Waals surface area contributed by atoms with Gasteiger partial charge in [-0.1, -0.05) is 49.4 Å². The van der Waals surface area contributed by atoms with Gasteiger partial charge in [0.05, 0.1) is 13.7 Å². The number of esters is 3. The number of rotatable bonds is 8. The molecule has 0 aliphatic carbocycles. The molecule has 0 saturated carbocycles. The molecule has 0 aromatic heterocycles. The summed E-state index contributed by atoms with van der Waals surface area (Å²) in [5.74, 6) is -1.27. The molecule has 0 aromatic rings. The maximum atomic E-state index is 10.3. The zero-order valence-corrected chi connectivity index (χ0v) is 13.7. The molecule has 0 bridgehead atoms. The van der Waals surface area contributed by atoms with Gasteiger partial charge in [-0.2, -0.15) is 0 Å². The Labute approximate surface area is 165 Å². The minimum absolute atomic E-state index is 0. The third kappa shape index (κ3) is 51.7. The van der Waals surface area contributed by atoms with Crippen LogP contribution in [0.15, 0.2) is 38.0 Å². The molecule has 0 radical (unpaired) electrons. The second-order valence-electron chi connectivity index (χ2n) is 3.17. The van der Waals surface area contributed by atoms with Gasteiger partial charge in [-0.3, -0.25) is 0 Å². The molecule has 0 aliphatic heterocycles. The van der Waals surface area contributed by atoms with Crippen molar-refractivity contribution in [3.8, 4) is 0 Å². The summed E-state index contributed by atoms with van der Waals surface area (Å²) in [6, 6.07) is 0. The second kappa shape index (κ2) is 38.9. The highest BCUT2D eigenvalue weighted by atomic mass is 16.7. The fraction of sp³-hybridized carbons (Fsp3) is 0.526. The minimum atomic E-state index is -0.466. The molecule has 0 aliphatic rings. The van der Waals surface area contributed by atoms with Gasteiger partial charge in [0.25, 0.3) is 0 Å². The summed E-state index contributed by atoms with van der Waals surface area (Å²) in [5.41, 5.74) is 0. The summed E-state index contributed by atoms with van der Waals surface area (Å²) in [6.45, 7) is 10.3. The summed E-state index contributed by atoms with van der Waals surface area (Å²) in [6.07, 6.45) is 3.31. The Morgan fingerprint density at radius 3 is 1.33 bits per heavy atom. The highest BCUT2D eigenvalue weighted by Crippen LogP contribution is 1.78. The molecule has 0 rings (SSSR count). The lowest BCUT2D eigenvalue weighted by Crippen LogP contribution is -2.06. The lowest BCUT2D eigenvalue weighted by atomic mass is 10.6. The highest BCUT2D eigenvalue weighted by Gasteiger charge is 1.91. The van der Waals surface area contributed by atoms with Crippen LogP contribution in [0, 0.1) is 0 Å². The van der Waals surface area contributed by atoms with E-state index < -0.39 is 17.9 Å². The number of hydrogen-bond acceptors (Lipinski definition) is 8. The van der Waals surface area contributed by atoms with Gasteiger partial charge in [-0.25, -0.2) is 14.4 Å². The number of carbonyl (C=O) groups excluding carboxylic acids is 3. The van der Waals surface area contributed by atoms with Crippen LogP contribution in [0.5, 0.6) is 0 Å². The zero-order valence-electron chi connectivity index (χ0n) is 13.7. The van der Waals surface area contributed by atoms with E-state index >= 15 is 0 Å². The zero-order chi connectivity index (χ0) is 18.5. The van der Waals surface area contributed by atoms with E-state index in [9.17, 15) is 14.4 Å². The fourth-order valence-corrected chi connectivity index (χ4v) is 0.544. The molecule has 8 heteroatoms. The summed E-state index contributed by atoms with van der Waals surface area (Å²) >= 11 is 0. The standard InChI is InChI=1S/C6H10O3.C5H8O3.C4H6O2.4CH4/c1-3-6(7)9-5-4-8-2;1-3-5(6)8-4-7-2;1-3-4(5)6-2;;;;/h3H,1,4-5H2,2H3;3H,1,4H2,2H3;3H,1H2,2H3;4*1H4. The smallest absolute Gasteiger partial charge is 0.332 e. The first-order valence-electron chi connectivity index (χ1n) is 6.19. The molecule has 0 unspecified atom stereocenters. The Hall–Kier alpha value is -2.45. The molecule has 8 nitrogen and oxygen atoms in total. The van der Waals surface area contributed by atoms with Crippen molar-refractivity contribution in [2.75, 3.05) is 41.3 Å². The maximum Gasteiger partial charge on any atom is 0.332 e. The van der Waals surface area contributed by atoms with Crippen molar-refractivity contribution in [3.63, 3.8) is 0 Å². The monoisotopic (exact) mass is 396 g/mol. The Kier molecular flexibility index (Phi) is 63.7. The summed E-state index contributed by atoms with van der Waals surface area (Å²) < 4.78 is 22.1. The van der Waals surface area contributed by atoms with Gasteiger partial charge in [-0.05, 0) is 0 Å².